The van der Waals surface area contributed by atoms with Crippen LogP contribution < -0.4 is 0 Å². The third kappa shape index (κ3) is 10.3. The van der Waals surface area contributed by atoms with E-state index in [2.05, 4.69) is 75.9 Å². The minimum atomic E-state index is -2.49. The van der Waals surface area contributed by atoms with E-state index in [1.165, 1.54) is 83.1 Å². The summed E-state index contributed by atoms with van der Waals surface area (Å²) in [6.45, 7) is 9.35. The maximum atomic E-state index is 3.54. The quantitative estimate of drug-likeness (QED) is 0.128. The van der Waals surface area contributed by atoms with E-state index in [4.69, 9.17) is 0 Å². The van der Waals surface area contributed by atoms with Gasteiger partial charge in [-0.3, -0.25) is 0 Å². The summed E-state index contributed by atoms with van der Waals surface area (Å²) in [5.74, 6) is 7.03. The van der Waals surface area contributed by atoms with Crippen LogP contribution in [0.3, 0.4) is 0 Å². The molecule has 0 spiro atoms. The number of allylic oxidation sites excluding steroid dienone is 1. The number of hydrogen-bond acceptors (Lipinski definition) is 0. The van der Waals surface area contributed by atoms with Gasteiger partial charge in [-0.05, 0) is 0 Å². The molecular weight excluding hydrogens is 455 g/mol. The van der Waals surface area contributed by atoms with Gasteiger partial charge in [0.25, 0.3) is 0 Å². The monoisotopic (exact) mass is 502 g/mol. The van der Waals surface area contributed by atoms with E-state index < -0.39 is 18.4 Å². The van der Waals surface area contributed by atoms with Crippen molar-refractivity contribution in [3.05, 3.63) is 42.0 Å². The van der Waals surface area contributed by atoms with E-state index in [0.717, 1.165) is 6.42 Å². The minimum absolute atomic E-state index is 1.06. The van der Waals surface area contributed by atoms with Crippen molar-refractivity contribution in [2.45, 2.75) is 112 Å². The predicted molar refractivity (Wildman–Crippen MR) is 136 cm³/mol. The van der Waals surface area contributed by atoms with Gasteiger partial charge in [0.1, 0.15) is 0 Å². The Morgan fingerprint density at radius 3 is 1.79 bits per heavy atom. The SMILES string of the molecule is CCCCCCC#C/C=[C](\c1ccccc1)[Sn]([CH2]CCC)([CH2]CCC)[CH2]CCC. The molecule has 162 valence electrons. The van der Waals surface area contributed by atoms with Crippen molar-refractivity contribution >= 4 is 22.0 Å². The first-order valence-electron chi connectivity index (χ1n) is 12.5. The molecule has 0 saturated heterocycles. The summed E-state index contributed by atoms with van der Waals surface area (Å²) in [5.41, 5.74) is 1.48. The molecule has 0 aliphatic heterocycles. The third-order valence-corrected chi connectivity index (χ3v) is 21.9. The molecule has 0 saturated carbocycles. The average molecular weight is 501 g/mol. The second-order valence-corrected chi connectivity index (χ2v) is 21.8. The summed E-state index contributed by atoms with van der Waals surface area (Å²) >= 11 is -2.49. The molecule has 0 aliphatic rings. The van der Waals surface area contributed by atoms with Gasteiger partial charge in [-0.1, -0.05) is 0 Å². The molecule has 1 aromatic rings. The van der Waals surface area contributed by atoms with Crippen LogP contribution in [-0.4, -0.2) is 18.4 Å². The van der Waals surface area contributed by atoms with Crippen LogP contribution in [-0.2, 0) is 0 Å². The Kier molecular flexibility index (Phi) is 15.5. The number of unbranched alkanes of at least 4 members (excludes halogenated alkanes) is 7. The molecule has 1 rings (SSSR count). The molecular formula is C28H46Sn. The zero-order valence-corrected chi connectivity index (χ0v) is 22.7. The molecule has 0 fully saturated rings. The summed E-state index contributed by atoms with van der Waals surface area (Å²) < 4.78 is 6.23. The van der Waals surface area contributed by atoms with Gasteiger partial charge in [0.15, 0.2) is 0 Å². The van der Waals surface area contributed by atoms with E-state index in [1.807, 2.05) is 0 Å². The molecule has 0 heterocycles. The van der Waals surface area contributed by atoms with Crippen molar-refractivity contribution in [2.75, 3.05) is 0 Å². The topological polar surface area (TPSA) is 0 Å². The van der Waals surface area contributed by atoms with Crippen molar-refractivity contribution in [1.82, 2.24) is 0 Å². The van der Waals surface area contributed by atoms with Gasteiger partial charge in [-0.15, -0.1) is 0 Å². The van der Waals surface area contributed by atoms with Crippen molar-refractivity contribution in [3.8, 4) is 11.8 Å². The second kappa shape index (κ2) is 17.0. The van der Waals surface area contributed by atoms with Gasteiger partial charge >= 0.3 is 187 Å². The normalized spacial score (nSPS) is 11.9. The first-order valence-corrected chi connectivity index (χ1v) is 20.0. The molecule has 0 atom stereocenters. The summed E-state index contributed by atoms with van der Waals surface area (Å²) in [5, 5.41) is 0. The molecule has 29 heavy (non-hydrogen) atoms. The molecule has 0 aliphatic carbocycles. The third-order valence-electron chi connectivity index (χ3n) is 6.16. The fourth-order valence-electron chi connectivity index (χ4n) is 4.32. The van der Waals surface area contributed by atoms with E-state index in [1.54, 1.807) is 3.59 Å². The molecule has 1 heteroatoms. The maximum absolute atomic E-state index is 3.54. The van der Waals surface area contributed by atoms with Crippen molar-refractivity contribution in [3.63, 3.8) is 0 Å². The Labute approximate surface area is 186 Å². The van der Waals surface area contributed by atoms with Crippen LogP contribution in [0.2, 0.25) is 13.3 Å². The van der Waals surface area contributed by atoms with Crippen LogP contribution in [0.25, 0.3) is 3.59 Å². The first-order chi connectivity index (χ1) is 14.2. The molecule has 0 bridgehead atoms. The fourth-order valence-corrected chi connectivity index (χ4v) is 20.9. The molecule has 0 aromatic heterocycles. The van der Waals surface area contributed by atoms with Crippen LogP contribution in [0.4, 0.5) is 0 Å². The van der Waals surface area contributed by atoms with E-state index in [-0.39, 0.29) is 0 Å². The summed E-state index contributed by atoms with van der Waals surface area (Å²) in [6.07, 6.45) is 16.8. The van der Waals surface area contributed by atoms with Gasteiger partial charge < -0.3 is 0 Å². The van der Waals surface area contributed by atoms with E-state index in [9.17, 15) is 0 Å². The molecule has 1 aromatic carbocycles. The van der Waals surface area contributed by atoms with E-state index >= 15 is 0 Å². The first kappa shape index (κ1) is 26.4. The Hall–Kier alpha value is -0.681. The number of benzene rings is 1. The van der Waals surface area contributed by atoms with Gasteiger partial charge in [-0.2, -0.15) is 0 Å². The second-order valence-electron chi connectivity index (χ2n) is 8.65. The van der Waals surface area contributed by atoms with E-state index in [0.29, 0.717) is 0 Å². The van der Waals surface area contributed by atoms with Crippen molar-refractivity contribution < 1.29 is 0 Å². The van der Waals surface area contributed by atoms with Crippen LogP contribution in [0, 0.1) is 11.8 Å². The van der Waals surface area contributed by atoms with Gasteiger partial charge in [0.2, 0.25) is 0 Å². The summed E-state index contributed by atoms with van der Waals surface area (Å²) in [6, 6.07) is 11.3. The standard InChI is InChI=1S/C16H19.3C4H9.Sn/c1-2-3-4-5-6-7-8-10-13-16-14-11-9-12-15-16;3*1-3-4-2;/h9-12,14-15H,2-6H2,1H3;3*1,3-4H2,2H3;. The molecule has 0 unspecified atom stereocenters. The van der Waals surface area contributed by atoms with Gasteiger partial charge in [0.05, 0.1) is 0 Å². The molecule has 0 radical (unpaired) electrons. The van der Waals surface area contributed by atoms with Crippen LogP contribution >= 0.6 is 0 Å². The molecule has 0 N–H and O–H groups in total. The summed E-state index contributed by atoms with van der Waals surface area (Å²) in [4.78, 5) is 0. The van der Waals surface area contributed by atoms with Crippen molar-refractivity contribution in [2.24, 2.45) is 0 Å². The van der Waals surface area contributed by atoms with Gasteiger partial charge in [-0.25, -0.2) is 0 Å². The Morgan fingerprint density at radius 2 is 1.28 bits per heavy atom. The zero-order valence-electron chi connectivity index (χ0n) is 19.9. The summed E-state index contributed by atoms with van der Waals surface area (Å²) in [7, 11) is 0. The molecule has 0 nitrogen and oxygen atoms in total. The van der Waals surface area contributed by atoms with Gasteiger partial charge in [0, 0.05) is 0 Å². The fraction of sp³-hybridized carbons (Fsp3) is 0.643. The average Bonchev–Trinajstić information content (AvgIpc) is 2.76. The van der Waals surface area contributed by atoms with Crippen molar-refractivity contribution in [1.29, 1.82) is 0 Å². The Bertz CT molecular complexity index is 580. The Balaban J connectivity index is 3.23. The van der Waals surface area contributed by atoms with Crippen LogP contribution in [0.5, 0.6) is 0 Å². The number of hydrogen-bond donors (Lipinski definition) is 0. The molecule has 0 amide bonds. The Morgan fingerprint density at radius 1 is 0.724 bits per heavy atom. The zero-order chi connectivity index (χ0) is 21.2. The number of rotatable bonds is 15. The predicted octanol–water partition coefficient (Wildman–Crippen LogP) is 9.43. The van der Waals surface area contributed by atoms with Crippen LogP contribution in [0.1, 0.15) is 104 Å². The van der Waals surface area contributed by atoms with Crippen LogP contribution in [0.15, 0.2) is 36.4 Å².